The molecule has 0 saturated heterocycles. The number of carbonyl (C=O) groups is 2. The summed E-state index contributed by atoms with van der Waals surface area (Å²) in [6.45, 7) is 3.96. The van der Waals surface area contributed by atoms with Crippen molar-refractivity contribution in [2.24, 2.45) is 0 Å². The van der Waals surface area contributed by atoms with Crippen molar-refractivity contribution in [2.45, 2.75) is 39.0 Å². The Bertz CT molecular complexity index is 789. The van der Waals surface area contributed by atoms with Crippen molar-refractivity contribution < 1.29 is 22.8 Å². The van der Waals surface area contributed by atoms with Gasteiger partial charge in [-0.1, -0.05) is 42.5 Å². The van der Waals surface area contributed by atoms with Crippen LogP contribution in [0.4, 0.5) is 18.9 Å². The van der Waals surface area contributed by atoms with Crippen LogP contribution in [-0.4, -0.2) is 22.8 Å². The second-order valence-electron chi connectivity index (χ2n) is 6.37. The molecule has 7 heteroatoms. The number of rotatable bonds is 6. The third-order valence-electron chi connectivity index (χ3n) is 3.96. The van der Waals surface area contributed by atoms with Gasteiger partial charge < -0.3 is 10.2 Å². The van der Waals surface area contributed by atoms with Crippen LogP contribution < -0.4 is 5.32 Å². The Morgan fingerprint density at radius 2 is 1.59 bits per heavy atom. The molecule has 0 atom stereocenters. The number of carbonyl (C=O) groups excluding carboxylic acids is 2. The van der Waals surface area contributed by atoms with Crippen LogP contribution in [-0.2, 0) is 22.3 Å². The zero-order valence-corrected chi connectivity index (χ0v) is 15.1. The molecule has 144 valence electrons. The van der Waals surface area contributed by atoms with Crippen LogP contribution in [0.5, 0.6) is 0 Å². The fourth-order valence-electron chi connectivity index (χ4n) is 2.61. The minimum Gasteiger partial charge on any atom is -0.336 e. The summed E-state index contributed by atoms with van der Waals surface area (Å²) in [6.07, 6.45) is -5.12. The van der Waals surface area contributed by atoms with E-state index in [9.17, 15) is 22.8 Å². The molecule has 0 fully saturated rings. The molecule has 0 spiro atoms. The van der Waals surface area contributed by atoms with E-state index in [4.69, 9.17) is 0 Å². The van der Waals surface area contributed by atoms with Gasteiger partial charge in [0, 0.05) is 12.6 Å². The molecule has 2 aromatic carbocycles. The Labute approximate surface area is 156 Å². The number of alkyl halides is 3. The van der Waals surface area contributed by atoms with Crippen molar-refractivity contribution in [3.05, 3.63) is 65.7 Å². The molecule has 0 bridgehead atoms. The molecule has 0 saturated carbocycles. The first-order valence-corrected chi connectivity index (χ1v) is 8.48. The molecule has 0 unspecified atom stereocenters. The van der Waals surface area contributed by atoms with E-state index in [1.807, 2.05) is 44.2 Å². The highest BCUT2D eigenvalue weighted by molar-refractivity contribution is 6.04. The van der Waals surface area contributed by atoms with E-state index in [2.05, 4.69) is 5.32 Å². The molecular weight excluding hydrogens is 357 g/mol. The molecule has 0 aromatic heterocycles. The molecule has 2 rings (SSSR count). The van der Waals surface area contributed by atoms with Gasteiger partial charge in [0.15, 0.2) is 0 Å². The number of nitrogens with one attached hydrogen (secondary N) is 1. The van der Waals surface area contributed by atoms with Crippen molar-refractivity contribution in [3.8, 4) is 0 Å². The Hall–Kier alpha value is -2.83. The van der Waals surface area contributed by atoms with E-state index >= 15 is 0 Å². The Morgan fingerprint density at radius 1 is 1.00 bits per heavy atom. The number of para-hydroxylation sites is 1. The van der Waals surface area contributed by atoms with Gasteiger partial charge in [0.2, 0.25) is 11.8 Å². The van der Waals surface area contributed by atoms with Gasteiger partial charge in [-0.3, -0.25) is 9.59 Å². The topological polar surface area (TPSA) is 49.4 Å². The number of nitrogens with zero attached hydrogens (tertiary/aromatic N) is 1. The summed E-state index contributed by atoms with van der Waals surface area (Å²) in [5, 5.41) is 2.20. The molecule has 0 heterocycles. The van der Waals surface area contributed by atoms with Gasteiger partial charge in [-0.15, -0.1) is 0 Å². The van der Waals surface area contributed by atoms with Crippen LogP contribution in [0.15, 0.2) is 54.6 Å². The van der Waals surface area contributed by atoms with E-state index in [-0.39, 0.29) is 11.7 Å². The van der Waals surface area contributed by atoms with Gasteiger partial charge in [-0.05, 0) is 31.5 Å². The van der Waals surface area contributed by atoms with E-state index < -0.39 is 30.0 Å². The van der Waals surface area contributed by atoms with Crippen LogP contribution in [0.1, 0.15) is 31.4 Å². The maximum Gasteiger partial charge on any atom is 0.418 e. The summed E-state index contributed by atoms with van der Waals surface area (Å²) in [4.78, 5) is 26.2. The third kappa shape index (κ3) is 5.84. The van der Waals surface area contributed by atoms with Crippen molar-refractivity contribution >= 4 is 17.5 Å². The molecule has 2 amide bonds. The van der Waals surface area contributed by atoms with Gasteiger partial charge in [-0.25, -0.2) is 0 Å². The summed E-state index contributed by atoms with van der Waals surface area (Å²) in [6, 6.07) is 13.8. The maximum atomic E-state index is 13.0. The normalized spacial score (nSPS) is 11.3. The molecule has 0 aliphatic rings. The predicted octanol–water partition coefficient (Wildman–Crippen LogP) is 4.47. The lowest BCUT2D eigenvalue weighted by molar-refractivity contribution is -0.137. The van der Waals surface area contributed by atoms with Gasteiger partial charge >= 0.3 is 6.18 Å². The van der Waals surface area contributed by atoms with Gasteiger partial charge in [0.05, 0.1) is 11.3 Å². The average molecular weight is 378 g/mol. The zero-order valence-electron chi connectivity index (χ0n) is 15.1. The second kappa shape index (κ2) is 8.70. The lowest BCUT2D eigenvalue weighted by atomic mass is 10.1. The standard InChI is InChI=1S/C20H21F3N2O2/c1-14(2)25(13-15-8-4-3-5-9-15)19(27)12-18(26)24-17-11-7-6-10-16(17)20(21,22)23/h3-11,14H,12-13H2,1-2H3,(H,24,26). The van der Waals surface area contributed by atoms with Crippen LogP contribution in [0, 0.1) is 0 Å². The Morgan fingerprint density at radius 3 is 2.19 bits per heavy atom. The van der Waals surface area contributed by atoms with Crippen LogP contribution >= 0.6 is 0 Å². The molecule has 0 radical (unpaired) electrons. The van der Waals surface area contributed by atoms with E-state index in [1.54, 1.807) is 0 Å². The van der Waals surface area contributed by atoms with Crippen molar-refractivity contribution in [2.75, 3.05) is 5.32 Å². The fourth-order valence-corrected chi connectivity index (χ4v) is 2.61. The highest BCUT2D eigenvalue weighted by Gasteiger charge is 2.33. The second-order valence-corrected chi connectivity index (χ2v) is 6.37. The number of hydrogen-bond donors (Lipinski definition) is 1. The monoisotopic (exact) mass is 378 g/mol. The highest BCUT2D eigenvalue weighted by Crippen LogP contribution is 2.34. The number of anilines is 1. The summed E-state index contributed by atoms with van der Waals surface area (Å²) in [5.74, 6) is -1.23. The Kier molecular flexibility index (Phi) is 6.60. The van der Waals surface area contributed by atoms with Crippen LogP contribution in [0.25, 0.3) is 0 Å². The first-order chi connectivity index (χ1) is 12.7. The lowest BCUT2D eigenvalue weighted by Gasteiger charge is -2.27. The minimum absolute atomic E-state index is 0.159. The number of benzene rings is 2. The van der Waals surface area contributed by atoms with E-state index in [0.717, 1.165) is 17.7 Å². The molecule has 2 aromatic rings. The van der Waals surface area contributed by atoms with Crippen molar-refractivity contribution in [1.29, 1.82) is 0 Å². The third-order valence-corrected chi connectivity index (χ3v) is 3.96. The van der Waals surface area contributed by atoms with Crippen molar-refractivity contribution in [1.82, 2.24) is 4.90 Å². The van der Waals surface area contributed by atoms with E-state index in [0.29, 0.717) is 6.54 Å². The number of hydrogen-bond acceptors (Lipinski definition) is 2. The molecule has 0 aliphatic carbocycles. The number of amides is 2. The van der Waals surface area contributed by atoms with Gasteiger partial charge in [0.1, 0.15) is 6.42 Å². The molecule has 4 nitrogen and oxygen atoms in total. The van der Waals surface area contributed by atoms with E-state index in [1.165, 1.54) is 17.0 Å². The van der Waals surface area contributed by atoms with Crippen LogP contribution in [0.2, 0.25) is 0 Å². The largest absolute Gasteiger partial charge is 0.418 e. The quantitative estimate of drug-likeness (QED) is 0.754. The first-order valence-electron chi connectivity index (χ1n) is 8.48. The summed E-state index contributed by atoms with van der Waals surface area (Å²) < 4.78 is 39.0. The van der Waals surface area contributed by atoms with Gasteiger partial charge in [0.25, 0.3) is 0 Å². The lowest BCUT2D eigenvalue weighted by Crippen LogP contribution is -2.38. The predicted molar refractivity (Wildman–Crippen MR) is 96.8 cm³/mol. The van der Waals surface area contributed by atoms with Crippen LogP contribution in [0.3, 0.4) is 0 Å². The maximum absolute atomic E-state index is 13.0. The molecular formula is C20H21F3N2O2. The summed E-state index contributed by atoms with van der Waals surface area (Å²) in [7, 11) is 0. The molecule has 1 N–H and O–H groups in total. The van der Waals surface area contributed by atoms with Crippen molar-refractivity contribution in [3.63, 3.8) is 0 Å². The molecule has 0 aliphatic heterocycles. The minimum atomic E-state index is -4.59. The SMILES string of the molecule is CC(C)N(Cc1ccccc1)C(=O)CC(=O)Nc1ccccc1C(F)(F)F. The zero-order chi connectivity index (χ0) is 20.0. The first kappa shape index (κ1) is 20.5. The Balaban J connectivity index is 2.07. The number of halogens is 3. The molecule has 27 heavy (non-hydrogen) atoms. The summed E-state index contributed by atoms with van der Waals surface area (Å²) in [5.41, 5.74) is -0.403. The average Bonchev–Trinajstić information content (AvgIpc) is 2.59. The fraction of sp³-hybridized carbons (Fsp3) is 0.300. The highest BCUT2D eigenvalue weighted by atomic mass is 19.4. The smallest absolute Gasteiger partial charge is 0.336 e. The summed E-state index contributed by atoms with van der Waals surface area (Å²) >= 11 is 0. The van der Waals surface area contributed by atoms with Gasteiger partial charge in [-0.2, -0.15) is 13.2 Å².